The zero-order valence-corrected chi connectivity index (χ0v) is 14.3. The molecule has 7 heteroatoms. The van der Waals surface area contributed by atoms with Gasteiger partial charge >= 0.3 is 0 Å². The first kappa shape index (κ1) is 18.4. The third-order valence-electron chi connectivity index (χ3n) is 3.57. The lowest BCUT2D eigenvalue weighted by atomic mass is 10.2. The van der Waals surface area contributed by atoms with Crippen molar-refractivity contribution in [1.29, 1.82) is 0 Å². The van der Waals surface area contributed by atoms with Crippen LogP contribution in [0.1, 0.15) is 29.0 Å². The van der Waals surface area contributed by atoms with Crippen LogP contribution >= 0.6 is 0 Å². The normalized spacial score (nSPS) is 10.2. The van der Waals surface area contributed by atoms with Gasteiger partial charge in [0, 0.05) is 25.1 Å². The van der Waals surface area contributed by atoms with Crippen molar-refractivity contribution in [3.05, 3.63) is 47.9 Å². The number of benzene rings is 1. The number of nitrogens with one attached hydrogen (secondary N) is 2. The summed E-state index contributed by atoms with van der Waals surface area (Å²) in [6.45, 7) is 0.743. The largest absolute Gasteiger partial charge is 0.497 e. The summed E-state index contributed by atoms with van der Waals surface area (Å²) in [6.07, 6.45) is 2.29. The summed E-state index contributed by atoms with van der Waals surface area (Å²) in [7, 11) is 3.16. The maximum atomic E-state index is 11.9. The minimum absolute atomic E-state index is 0.0999. The first-order valence-electron chi connectivity index (χ1n) is 7.93. The van der Waals surface area contributed by atoms with E-state index in [9.17, 15) is 9.59 Å². The van der Waals surface area contributed by atoms with E-state index >= 15 is 0 Å². The lowest BCUT2D eigenvalue weighted by Gasteiger charge is -2.11. The zero-order valence-electron chi connectivity index (χ0n) is 14.3. The Kier molecular flexibility index (Phi) is 6.88. The van der Waals surface area contributed by atoms with Gasteiger partial charge in [-0.2, -0.15) is 0 Å². The van der Waals surface area contributed by atoms with Crippen LogP contribution in [0.5, 0.6) is 11.5 Å². The van der Waals surface area contributed by atoms with Gasteiger partial charge < -0.3 is 24.5 Å². The molecule has 0 radical (unpaired) electrons. The average Bonchev–Trinajstić information content (AvgIpc) is 3.17. The summed E-state index contributed by atoms with van der Waals surface area (Å²) in [5.41, 5.74) is 0.835. The van der Waals surface area contributed by atoms with E-state index in [-0.39, 0.29) is 17.6 Å². The molecular weight excluding hydrogens is 324 g/mol. The number of rotatable bonds is 9. The number of ether oxygens (including phenoxy) is 2. The Hall–Kier alpha value is -2.96. The van der Waals surface area contributed by atoms with Gasteiger partial charge in [-0.3, -0.25) is 9.59 Å². The molecule has 0 bridgehead atoms. The third kappa shape index (κ3) is 5.56. The van der Waals surface area contributed by atoms with Gasteiger partial charge in [0.05, 0.1) is 20.5 Å². The second-order valence-electron chi connectivity index (χ2n) is 5.29. The Bertz CT molecular complexity index is 697. The molecule has 0 unspecified atom stereocenters. The van der Waals surface area contributed by atoms with Crippen molar-refractivity contribution in [1.82, 2.24) is 10.6 Å². The van der Waals surface area contributed by atoms with Crippen LogP contribution in [0.25, 0.3) is 0 Å². The van der Waals surface area contributed by atoms with Gasteiger partial charge in [-0.05, 0) is 36.8 Å². The molecule has 2 aromatic rings. The van der Waals surface area contributed by atoms with Crippen LogP contribution in [0.2, 0.25) is 0 Å². The number of hydrogen-bond acceptors (Lipinski definition) is 5. The van der Waals surface area contributed by atoms with E-state index in [4.69, 9.17) is 13.9 Å². The highest BCUT2D eigenvalue weighted by Gasteiger charge is 2.09. The molecule has 134 valence electrons. The summed E-state index contributed by atoms with van der Waals surface area (Å²) in [5, 5.41) is 5.53. The van der Waals surface area contributed by atoms with Crippen LogP contribution in [0.3, 0.4) is 0 Å². The summed E-state index contributed by atoms with van der Waals surface area (Å²) >= 11 is 0. The fourth-order valence-electron chi connectivity index (χ4n) is 2.25. The van der Waals surface area contributed by atoms with E-state index in [1.807, 2.05) is 6.07 Å². The quantitative estimate of drug-likeness (QED) is 0.679. The van der Waals surface area contributed by atoms with Gasteiger partial charge in [0.2, 0.25) is 5.91 Å². The topological polar surface area (TPSA) is 89.8 Å². The SMILES string of the molecule is COc1ccc(OC)c(CNC(=O)CCCNC(=O)c2ccco2)c1. The molecule has 0 aliphatic heterocycles. The zero-order chi connectivity index (χ0) is 18.1. The maximum absolute atomic E-state index is 11.9. The van der Waals surface area contributed by atoms with Crippen LogP contribution < -0.4 is 20.1 Å². The highest BCUT2D eigenvalue weighted by molar-refractivity contribution is 5.91. The summed E-state index contributed by atoms with van der Waals surface area (Å²) in [5.74, 6) is 1.26. The van der Waals surface area contributed by atoms with Gasteiger partial charge in [-0.15, -0.1) is 0 Å². The third-order valence-corrected chi connectivity index (χ3v) is 3.57. The highest BCUT2D eigenvalue weighted by atomic mass is 16.5. The smallest absolute Gasteiger partial charge is 0.286 e. The molecule has 7 nitrogen and oxygen atoms in total. The lowest BCUT2D eigenvalue weighted by Crippen LogP contribution is -2.27. The van der Waals surface area contributed by atoms with Crippen molar-refractivity contribution < 1.29 is 23.5 Å². The van der Waals surface area contributed by atoms with Crippen molar-refractivity contribution in [3.8, 4) is 11.5 Å². The van der Waals surface area contributed by atoms with Crippen molar-refractivity contribution in [2.45, 2.75) is 19.4 Å². The Balaban J connectivity index is 1.71. The van der Waals surface area contributed by atoms with E-state index in [1.165, 1.54) is 6.26 Å². The summed E-state index contributed by atoms with van der Waals surface area (Å²) in [4.78, 5) is 23.6. The number of hydrogen-bond donors (Lipinski definition) is 2. The van der Waals surface area contributed by atoms with E-state index in [0.717, 1.165) is 5.56 Å². The predicted molar refractivity (Wildman–Crippen MR) is 91.7 cm³/mol. The Morgan fingerprint density at radius 2 is 1.96 bits per heavy atom. The molecule has 2 amide bonds. The predicted octanol–water partition coefficient (Wildman–Crippen LogP) is 2.12. The molecule has 0 saturated heterocycles. The average molecular weight is 346 g/mol. The van der Waals surface area contributed by atoms with E-state index in [2.05, 4.69) is 10.6 Å². The number of carbonyl (C=O) groups excluding carboxylic acids is 2. The van der Waals surface area contributed by atoms with Gasteiger partial charge in [0.15, 0.2) is 5.76 Å². The first-order valence-corrected chi connectivity index (χ1v) is 7.93. The fourth-order valence-corrected chi connectivity index (χ4v) is 2.25. The molecule has 2 rings (SSSR count). The molecule has 0 fully saturated rings. The molecule has 1 aromatic carbocycles. The first-order chi connectivity index (χ1) is 12.1. The summed E-state index contributed by atoms with van der Waals surface area (Å²) in [6, 6.07) is 8.65. The van der Waals surface area contributed by atoms with Crippen molar-refractivity contribution >= 4 is 11.8 Å². The minimum Gasteiger partial charge on any atom is -0.497 e. The Labute approximate surface area is 146 Å². The number of methoxy groups -OCH3 is 2. The van der Waals surface area contributed by atoms with Crippen molar-refractivity contribution in [2.75, 3.05) is 20.8 Å². The fraction of sp³-hybridized carbons (Fsp3) is 0.333. The van der Waals surface area contributed by atoms with Gasteiger partial charge in [-0.25, -0.2) is 0 Å². The second-order valence-corrected chi connectivity index (χ2v) is 5.29. The van der Waals surface area contributed by atoms with Crippen LogP contribution in [0.15, 0.2) is 41.0 Å². The van der Waals surface area contributed by atoms with Crippen LogP contribution in [0.4, 0.5) is 0 Å². The monoisotopic (exact) mass is 346 g/mol. The molecule has 0 spiro atoms. The lowest BCUT2D eigenvalue weighted by molar-refractivity contribution is -0.121. The van der Waals surface area contributed by atoms with E-state index < -0.39 is 0 Å². The van der Waals surface area contributed by atoms with Gasteiger partial charge in [-0.1, -0.05) is 0 Å². The maximum Gasteiger partial charge on any atom is 0.286 e. The molecule has 0 aliphatic rings. The number of carbonyl (C=O) groups is 2. The minimum atomic E-state index is -0.286. The molecule has 1 heterocycles. The van der Waals surface area contributed by atoms with Crippen molar-refractivity contribution in [3.63, 3.8) is 0 Å². The Morgan fingerprint density at radius 1 is 1.12 bits per heavy atom. The highest BCUT2D eigenvalue weighted by Crippen LogP contribution is 2.23. The van der Waals surface area contributed by atoms with Crippen LogP contribution in [-0.2, 0) is 11.3 Å². The number of furan rings is 1. The molecule has 1 aromatic heterocycles. The van der Waals surface area contributed by atoms with Crippen LogP contribution in [-0.4, -0.2) is 32.6 Å². The number of amides is 2. The molecular formula is C18H22N2O5. The van der Waals surface area contributed by atoms with Crippen LogP contribution in [0, 0.1) is 0 Å². The molecule has 0 saturated carbocycles. The molecule has 25 heavy (non-hydrogen) atoms. The van der Waals surface area contributed by atoms with Gasteiger partial charge in [0.1, 0.15) is 11.5 Å². The second kappa shape index (κ2) is 9.36. The molecule has 0 atom stereocenters. The van der Waals surface area contributed by atoms with Crippen molar-refractivity contribution in [2.24, 2.45) is 0 Å². The standard InChI is InChI=1S/C18H22N2O5/c1-23-14-7-8-15(24-2)13(11-14)12-20-17(21)6-3-9-19-18(22)16-5-4-10-25-16/h4-5,7-8,10-11H,3,6,9,12H2,1-2H3,(H,19,22)(H,20,21). The molecule has 0 aliphatic carbocycles. The Morgan fingerprint density at radius 3 is 2.64 bits per heavy atom. The van der Waals surface area contributed by atoms with E-state index in [1.54, 1.807) is 38.5 Å². The molecule has 2 N–H and O–H groups in total. The van der Waals surface area contributed by atoms with E-state index in [0.29, 0.717) is 37.4 Å². The van der Waals surface area contributed by atoms with Gasteiger partial charge in [0.25, 0.3) is 5.91 Å². The summed E-state index contributed by atoms with van der Waals surface area (Å²) < 4.78 is 15.4.